The molecule has 0 aromatic heterocycles. The maximum absolute atomic E-state index is 8.38. The van der Waals surface area contributed by atoms with E-state index >= 15 is 0 Å². The second kappa shape index (κ2) is 4.51. The number of nitrogens with zero attached hydrogens (tertiary/aromatic N) is 3. The van der Waals surface area contributed by atoms with Crippen molar-refractivity contribution in [3.8, 4) is 11.1 Å². The van der Waals surface area contributed by atoms with E-state index < -0.39 is 0 Å². The van der Waals surface area contributed by atoms with Crippen molar-refractivity contribution in [2.24, 2.45) is 5.11 Å². The highest BCUT2D eigenvalue weighted by Gasteiger charge is 1.98. The quantitative estimate of drug-likeness (QED) is 0.394. The molecule has 0 amide bonds. The van der Waals surface area contributed by atoms with Crippen LogP contribution < -0.4 is 0 Å². The van der Waals surface area contributed by atoms with Gasteiger partial charge in [-0.15, -0.1) is 0 Å². The normalized spacial score (nSPS) is 9.56. The highest BCUT2D eigenvalue weighted by Crippen LogP contribution is 2.24. The number of benzene rings is 2. The van der Waals surface area contributed by atoms with E-state index in [9.17, 15) is 0 Å². The van der Waals surface area contributed by atoms with Crippen LogP contribution in [-0.4, -0.2) is 0 Å². The van der Waals surface area contributed by atoms with Crippen molar-refractivity contribution in [3.05, 3.63) is 64.5 Å². The summed E-state index contributed by atoms with van der Waals surface area (Å²) >= 11 is 0. The van der Waals surface area contributed by atoms with E-state index in [4.69, 9.17) is 5.53 Å². The number of azide groups is 1. The maximum atomic E-state index is 8.38. The summed E-state index contributed by atoms with van der Waals surface area (Å²) in [7, 11) is 0. The largest absolute Gasteiger partial charge is 0.0614 e. The fraction of sp³-hybridized carbons (Fsp3) is 0.0769. The summed E-state index contributed by atoms with van der Waals surface area (Å²) in [6, 6.07) is 15.8. The molecule has 0 spiro atoms. The van der Waals surface area contributed by atoms with Gasteiger partial charge in [0, 0.05) is 10.6 Å². The van der Waals surface area contributed by atoms with Crippen LogP contribution in [0.4, 0.5) is 5.69 Å². The molecular formula is C13H11N3. The minimum atomic E-state index is 0.640. The molecule has 2 rings (SSSR count). The van der Waals surface area contributed by atoms with Crippen LogP contribution in [0, 0.1) is 6.92 Å². The standard InChI is InChI=1S/C13H11N3/c1-10-4-2-5-11(8-10)12-6-3-7-13(9-12)15-16-14/h2-9H,1H3. The molecule has 0 radical (unpaired) electrons. The first-order chi connectivity index (χ1) is 7.79. The predicted molar refractivity (Wildman–Crippen MR) is 65.4 cm³/mol. The molecule has 0 aliphatic carbocycles. The highest BCUT2D eigenvalue weighted by atomic mass is 15.1. The second-order valence-corrected chi connectivity index (χ2v) is 3.61. The molecule has 0 atom stereocenters. The van der Waals surface area contributed by atoms with Gasteiger partial charge in [-0.05, 0) is 29.6 Å². The molecule has 16 heavy (non-hydrogen) atoms. The van der Waals surface area contributed by atoms with Gasteiger partial charge in [-0.1, -0.05) is 53.1 Å². The number of hydrogen-bond acceptors (Lipinski definition) is 1. The lowest BCUT2D eigenvalue weighted by Crippen LogP contribution is -1.78. The van der Waals surface area contributed by atoms with Crippen LogP contribution >= 0.6 is 0 Å². The van der Waals surface area contributed by atoms with Gasteiger partial charge in [-0.3, -0.25) is 0 Å². The minimum absolute atomic E-state index is 0.640. The zero-order valence-electron chi connectivity index (χ0n) is 8.96. The zero-order chi connectivity index (χ0) is 11.4. The van der Waals surface area contributed by atoms with E-state index in [2.05, 4.69) is 29.1 Å². The summed E-state index contributed by atoms with van der Waals surface area (Å²) in [6.45, 7) is 2.06. The first kappa shape index (κ1) is 10.3. The molecule has 2 aromatic rings. The fourth-order valence-corrected chi connectivity index (χ4v) is 1.62. The third-order valence-corrected chi connectivity index (χ3v) is 2.36. The van der Waals surface area contributed by atoms with Crippen LogP contribution in [0.15, 0.2) is 53.6 Å². The second-order valence-electron chi connectivity index (χ2n) is 3.61. The molecule has 78 valence electrons. The van der Waals surface area contributed by atoms with Crippen LogP contribution in [0.25, 0.3) is 21.6 Å². The monoisotopic (exact) mass is 209 g/mol. The molecule has 0 bridgehead atoms. The van der Waals surface area contributed by atoms with Crippen LogP contribution in [-0.2, 0) is 0 Å². The molecular weight excluding hydrogens is 198 g/mol. The summed E-state index contributed by atoms with van der Waals surface area (Å²) in [6.07, 6.45) is 0. The van der Waals surface area contributed by atoms with Crippen molar-refractivity contribution in [2.45, 2.75) is 6.92 Å². The summed E-state index contributed by atoms with van der Waals surface area (Å²) in [5.41, 5.74) is 12.4. The molecule has 0 fully saturated rings. The van der Waals surface area contributed by atoms with Crippen molar-refractivity contribution in [1.29, 1.82) is 0 Å². The Morgan fingerprint density at radius 3 is 2.38 bits per heavy atom. The third kappa shape index (κ3) is 2.22. The Balaban J connectivity index is 2.48. The fourth-order valence-electron chi connectivity index (χ4n) is 1.62. The lowest BCUT2D eigenvalue weighted by molar-refractivity contribution is 1.45. The molecule has 0 saturated heterocycles. The molecule has 0 saturated carbocycles. The minimum Gasteiger partial charge on any atom is -0.0614 e. The molecule has 0 aliphatic heterocycles. The van der Waals surface area contributed by atoms with Crippen molar-refractivity contribution in [2.75, 3.05) is 0 Å². The number of hydrogen-bond donors (Lipinski definition) is 0. The highest BCUT2D eigenvalue weighted by molar-refractivity contribution is 5.67. The molecule has 0 aliphatic rings. The van der Waals surface area contributed by atoms with E-state index in [1.807, 2.05) is 30.3 Å². The average molecular weight is 209 g/mol. The Morgan fingerprint density at radius 1 is 1.00 bits per heavy atom. The van der Waals surface area contributed by atoms with Gasteiger partial charge in [0.1, 0.15) is 0 Å². The molecule has 0 N–H and O–H groups in total. The van der Waals surface area contributed by atoms with Crippen LogP contribution in [0.1, 0.15) is 5.56 Å². The van der Waals surface area contributed by atoms with Crippen LogP contribution in [0.2, 0.25) is 0 Å². The Kier molecular flexibility index (Phi) is 2.90. The van der Waals surface area contributed by atoms with Crippen LogP contribution in [0.5, 0.6) is 0 Å². The van der Waals surface area contributed by atoms with Gasteiger partial charge >= 0.3 is 0 Å². The predicted octanol–water partition coefficient (Wildman–Crippen LogP) is 4.60. The van der Waals surface area contributed by atoms with Gasteiger partial charge in [0.25, 0.3) is 0 Å². The Hall–Kier alpha value is -2.25. The molecule has 3 nitrogen and oxygen atoms in total. The van der Waals surface area contributed by atoms with Gasteiger partial charge in [0.2, 0.25) is 0 Å². The van der Waals surface area contributed by atoms with Gasteiger partial charge in [-0.25, -0.2) is 0 Å². The number of rotatable bonds is 2. The zero-order valence-corrected chi connectivity index (χ0v) is 8.96. The summed E-state index contributed by atoms with van der Waals surface area (Å²) in [4.78, 5) is 2.78. The third-order valence-electron chi connectivity index (χ3n) is 2.36. The topological polar surface area (TPSA) is 48.8 Å². The van der Waals surface area contributed by atoms with E-state index in [0.29, 0.717) is 5.69 Å². The summed E-state index contributed by atoms with van der Waals surface area (Å²) in [5, 5.41) is 3.60. The molecule has 0 heterocycles. The lowest BCUT2D eigenvalue weighted by Gasteiger charge is -2.03. The lowest BCUT2D eigenvalue weighted by atomic mass is 10.0. The SMILES string of the molecule is Cc1cccc(-c2cccc(N=[N+]=[N-])c2)c1. The molecule has 0 unspecified atom stereocenters. The molecule has 3 heteroatoms. The smallest absolute Gasteiger partial charge is 0.0381 e. The van der Waals surface area contributed by atoms with Gasteiger partial charge < -0.3 is 0 Å². The Labute approximate surface area is 94.0 Å². The first-order valence-electron chi connectivity index (χ1n) is 5.02. The summed E-state index contributed by atoms with van der Waals surface area (Å²) < 4.78 is 0. The van der Waals surface area contributed by atoms with E-state index in [0.717, 1.165) is 11.1 Å². The first-order valence-corrected chi connectivity index (χ1v) is 5.02. The van der Waals surface area contributed by atoms with Crippen molar-refractivity contribution in [1.82, 2.24) is 0 Å². The van der Waals surface area contributed by atoms with Gasteiger partial charge in [-0.2, -0.15) is 0 Å². The van der Waals surface area contributed by atoms with Crippen molar-refractivity contribution in [3.63, 3.8) is 0 Å². The average Bonchev–Trinajstić information content (AvgIpc) is 2.30. The Morgan fingerprint density at radius 2 is 1.69 bits per heavy atom. The van der Waals surface area contributed by atoms with E-state index in [1.165, 1.54) is 5.56 Å². The maximum Gasteiger partial charge on any atom is 0.0381 e. The Bertz CT molecular complexity index is 555. The van der Waals surface area contributed by atoms with Gasteiger partial charge in [0.15, 0.2) is 0 Å². The van der Waals surface area contributed by atoms with Crippen LogP contribution in [0.3, 0.4) is 0 Å². The van der Waals surface area contributed by atoms with Crippen molar-refractivity contribution < 1.29 is 0 Å². The summed E-state index contributed by atoms with van der Waals surface area (Å²) in [5.74, 6) is 0. The number of aryl methyl sites for hydroxylation is 1. The van der Waals surface area contributed by atoms with Gasteiger partial charge in [0.05, 0.1) is 0 Å². The molecule has 2 aromatic carbocycles. The van der Waals surface area contributed by atoms with Crippen molar-refractivity contribution >= 4 is 5.69 Å². The van der Waals surface area contributed by atoms with E-state index in [1.54, 1.807) is 6.07 Å². The van der Waals surface area contributed by atoms with E-state index in [-0.39, 0.29) is 0 Å².